The van der Waals surface area contributed by atoms with Crippen LogP contribution in [0.3, 0.4) is 0 Å². The van der Waals surface area contributed by atoms with E-state index >= 15 is 0 Å². The normalized spacial score (nSPS) is 17.9. The Labute approximate surface area is 117 Å². The van der Waals surface area contributed by atoms with Crippen molar-refractivity contribution >= 4 is 11.8 Å². The van der Waals surface area contributed by atoms with Crippen molar-refractivity contribution in [3.8, 4) is 11.5 Å². The molecule has 1 fully saturated rings. The van der Waals surface area contributed by atoms with E-state index in [0.29, 0.717) is 13.1 Å². The molecule has 1 aliphatic rings. The van der Waals surface area contributed by atoms with Crippen molar-refractivity contribution in [1.29, 1.82) is 0 Å². The molecule has 2 N–H and O–H groups in total. The van der Waals surface area contributed by atoms with Gasteiger partial charge in [-0.2, -0.15) is 0 Å². The number of ether oxygens (including phenoxy) is 1. The third kappa shape index (κ3) is 2.84. The van der Waals surface area contributed by atoms with Crippen molar-refractivity contribution in [2.45, 2.75) is 19.4 Å². The van der Waals surface area contributed by atoms with Gasteiger partial charge in [0, 0.05) is 26.1 Å². The van der Waals surface area contributed by atoms with Gasteiger partial charge in [0.1, 0.15) is 0 Å². The summed E-state index contributed by atoms with van der Waals surface area (Å²) in [4.78, 5) is 25.0. The summed E-state index contributed by atoms with van der Waals surface area (Å²) in [7, 11) is 1.44. The summed E-state index contributed by atoms with van der Waals surface area (Å²) in [6.45, 7) is 2.47. The Morgan fingerprint density at radius 1 is 1.45 bits per heavy atom. The van der Waals surface area contributed by atoms with Crippen molar-refractivity contribution in [3.05, 3.63) is 23.8 Å². The van der Waals surface area contributed by atoms with Crippen LogP contribution in [0.2, 0.25) is 0 Å². The standard InChI is InChI=1S/C14H18N2O4/c1-9(17)15-10-6-7-16(8-10)14(19)11-4-3-5-12(20-2)13(11)18/h3-5,10,18H,6-8H2,1-2H3,(H,15,17). The lowest BCUT2D eigenvalue weighted by atomic mass is 10.1. The Kier molecular flexibility index (Phi) is 4.12. The summed E-state index contributed by atoms with van der Waals surface area (Å²) in [5.41, 5.74) is 0.216. The van der Waals surface area contributed by atoms with Crippen LogP contribution >= 0.6 is 0 Å². The molecule has 0 aromatic heterocycles. The minimum Gasteiger partial charge on any atom is -0.504 e. The number of rotatable bonds is 3. The largest absolute Gasteiger partial charge is 0.504 e. The molecular weight excluding hydrogens is 260 g/mol. The highest BCUT2D eigenvalue weighted by Gasteiger charge is 2.29. The van der Waals surface area contributed by atoms with E-state index < -0.39 is 0 Å². The highest BCUT2D eigenvalue weighted by Crippen LogP contribution is 2.30. The summed E-state index contributed by atoms with van der Waals surface area (Å²) in [5.74, 6) is -0.237. The van der Waals surface area contributed by atoms with Crippen molar-refractivity contribution in [1.82, 2.24) is 10.2 Å². The van der Waals surface area contributed by atoms with Gasteiger partial charge in [0.05, 0.1) is 12.7 Å². The fraction of sp³-hybridized carbons (Fsp3) is 0.429. The van der Waals surface area contributed by atoms with E-state index in [1.54, 1.807) is 23.1 Å². The van der Waals surface area contributed by atoms with Crippen LogP contribution in [0, 0.1) is 0 Å². The van der Waals surface area contributed by atoms with Crippen LogP contribution in [0.1, 0.15) is 23.7 Å². The number of phenolic OH excluding ortho intramolecular Hbond substituents is 1. The predicted molar refractivity (Wildman–Crippen MR) is 72.8 cm³/mol. The number of carbonyl (C=O) groups excluding carboxylic acids is 2. The molecule has 0 radical (unpaired) electrons. The lowest BCUT2D eigenvalue weighted by Gasteiger charge is -2.18. The van der Waals surface area contributed by atoms with Crippen molar-refractivity contribution in [3.63, 3.8) is 0 Å². The summed E-state index contributed by atoms with van der Waals surface area (Å²) < 4.78 is 4.99. The molecule has 0 saturated carbocycles. The number of likely N-dealkylation sites (tertiary alicyclic amines) is 1. The van der Waals surface area contributed by atoms with Crippen LogP contribution in [-0.4, -0.2) is 48.1 Å². The molecule has 1 atom stereocenters. The number of amides is 2. The van der Waals surface area contributed by atoms with E-state index in [1.807, 2.05) is 0 Å². The molecule has 2 rings (SSSR count). The van der Waals surface area contributed by atoms with E-state index in [1.165, 1.54) is 14.0 Å². The molecule has 1 unspecified atom stereocenters. The maximum absolute atomic E-state index is 12.4. The van der Waals surface area contributed by atoms with Gasteiger partial charge in [0.2, 0.25) is 5.91 Å². The summed E-state index contributed by atoms with van der Waals surface area (Å²) in [5, 5.41) is 12.8. The molecule has 1 aliphatic heterocycles. The highest BCUT2D eigenvalue weighted by atomic mass is 16.5. The van der Waals surface area contributed by atoms with Gasteiger partial charge in [-0.15, -0.1) is 0 Å². The average molecular weight is 278 g/mol. The molecule has 1 aromatic rings. The van der Waals surface area contributed by atoms with Gasteiger partial charge < -0.3 is 20.1 Å². The van der Waals surface area contributed by atoms with Gasteiger partial charge in [-0.05, 0) is 18.6 Å². The first-order valence-electron chi connectivity index (χ1n) is 6.45. The molecule has 2 amide bonds. The number of para-hydroxylation sites is 1. The average Bonchev–Trinajstić information content (AvgIpc) is 2.86. The predicted octanol–water partition coefficient (Wildman–Crippen LogP) is 0.751. The lowest BCUT2D eigenvalue weighted by Crippen LogP contribution is -2.37. The third-order valence-corrected chi connectivity index (χ3v) is 3.33. The van der Waals surface area contributed by atoms with Crippen LogP contribution in [0.4, 0.5) is 0 Å². The van der Waals surface area contributed by atoms with Gasteiger partial charge in [0.25, 0.3) is 5.91 Å². The zero-order chi connectivity index (χ0) is 14.7. The molecule has 0 aliphatic carbocycles. The molecule has 6 heteroatoms. The Hall–Kier alpha value is -2.24. The number of carbonyl (C=O) groups is 2. The fourth-order valence-electron chi connectivity index (χ4n) is 2.38. The number of phenols is 1. The molecule has 108 valence electrons. The molecular formula is C14H18N2O4. The highest BCUT2D eigenvalue weighted by molar-refractivity contribution is 5.97. The maximum Gasteiger partial charge on any atom is 0.257 e. The Morgan fingerprint density at radius 2 is 2.20 bits per heavy atom. The molecule has 0 bridgehead atoms. The second kappa shape index (κ2) is 5.81. The van der Waals surface area contributed by atoms with Crippen molar-refractivity contribution in [2.24, 2.45) is 0 Å². The number of aromatic hydroxyl groups is 1. The van der Waals surface area contributed by atoms with Gasteiger partial charge in [-0.1, -0.05) is 6.07 Å². The number of nitrogens with zero attached hydrogens (tertiary/aromatic N) is 1. The monoisotopic (exact) mass is 278 g/mol. The summed E-state index contributed by atoms with van der Waals surface area (Å²) in [6, 6.07) is 4.79. The molecule has 20 heavy (non-hydrogen) atoms. The van der Waals surface area contributed by atoms with Crippen molar-refractivity contribution in [2.75, 3.05) is 20.2 Å². The first-order valence-corrected chi connectivity index (χ1v) is 6.45. The minimum atomic E-state index is -0.255. The Balaban J connectivity index is 2.11. The van der Waals surface area contributed by atoms with Crippen LogP contribution in [0.25, 0.3) is 0 Å². The second-order valence-corrected chi connectivity index (χ2v) is 4.79. The number of methoxy groups -OCH3 is 1. The quantitative estimate of drug-likeness (QED) is 0.855. The first-order chi connectivity index (χ1) is 9.52. The minimum absolute atomic E-state index is 0.0239. The van der Waals surface area contributed by atoms with Gasteiger partial charge >= 0.3 is 0 Å². The number of benzene rings is 1. The van der Waals surface area contributed by atoms with E-state index in [9.17, 15) is 14.7 Å². The Bertz CT molecular complexity index is 530. The summed E-state index contributed by atoms with van der Waals surface area (Å²) in [6.07, 6.45) is 0.718. The SMILES string of the molecule is COc1cccc(C(=O)N2CCC(NC(C)=O)C2)c1O. The van der Waals surface area contributed by atoms with Gasteiger partial charge in [0.15, 0.2) is 11.5 Å². The molecule has 1 aromatic carbocycles. The van der Waals surface area contributed by atoms with E-state index in [0.717, 1.165) is 6.42 Å². The fourth-order valence-corrected chi connectivity index (χ4v) is 2.38. The third-order valence-electron chi connectivity index (χ3n) is 3.33. The molecule has 1 heterocycles. The van der Waals surface area contributed by atoms with E-state index in [2.05, 4.69) is 5.32 Å². The zero-order valence-corrected chi connectivity index (χ0v) is 11.5. The van der Waals surface area contributed by atoms with E-state index in [-0.39, 0.29) is 34.9 Å². The summed E-state index contributed by atoms with van der Waals surface area (Å²) >= 11 is 0. The molecule has 0 spiro atoms. The van der Waals surface area contributed by atoms with Crippen LogP contribution in [0.5, 0.6) is 11.5 Å². The van der Waals surface area contributed by atoms with Crippen LogP contribution < -0.4 is 10.1 Å². The second-order valence-electron chi connectivity index (χ2n) is 4.79. The smallest absolute Gasteiger partial charge is 0.257 e. The number of hydrogen-bond donors (Lipinski definition) is 2. The van der Waals surface area contributed by atoms with Crippen LogP contribution in [-0.2, 0) is 4.79 Å². The first kappa shape index (κ1) is 14.2. The lowest BCUT2D eigenvalue weighted by molar-refractivity contribution is -0.119. The number of hydrogen-bond acceptors (Lipinski definition) is 4. The molecule has 6 nitrogen and oxygen atoms in total. The van der Waals surface area contributed by atoms with Crippen molar-refractivity contribution < 1.29 is 19.4 Å². The van der Waals surface area contributed by atoms with Gasteiger partial charge in [-0.3, -0.25) is 9.59 Å². The topological polar surface area (TPSA) is 78.9 Å². The van der Waals surface area contributed by atoms with E-state index in [4.69, 9.17) is 4.74 Å². The zero-order valence-electron chi connectivity index (χ0n) is 11.5. The number of nitrogens with one attached hydrogen (secondary N) is 1. The van der Waals surface area contributed by atoms with Gasteiger partial charge in [-0.25, -0.2) is 0 Å². The van der Waals surface area contributed by atoms with Crippen LogP contribution in [0.15, 0.2) is 18.2 Å². The maximum atomic E-state index is 12.4. The molecule has 1 saturated heterocycles. The Morgan fingerprint density at radius 3 is 2.85 bits per heavy atom.